The van der Waals surface area contributed by atoms with Crippen molar-refractivity contribution in [3.8, 4) is 0 Å². The standard InChI is InChI=1S/C21H21N3O2/c1-13-11-15-5-3-4-6-18(15)24-20(13)22-12-16-9-10-17(21(25)26-2)19(23-16)14-7-8-14/h3-6,9-11,14H,7-8,12H2,1-2H3,(H,22,24). The zero-order chi connectivity index (χ0) is 18.1. The smallest absolute Gasteiger partial charge is 0.339 e. The number of nitrogens with one attached hydrogen (secondary N) is 1. The topological polar surface area (TPSA) is 64.1 Å². The number of carbonyl (C=O) groups excluding carboxylic acids is 1. The van der Waals surface area contributed by atoms with Gasteiger partial charge in [0.15, 0.2) is 0 Å². The second-order valence-corrected chi connectivity index (χ2v) is 6.70. The monoisotopic (exact) mass is 347 g/mol. The molecule has 1 aliphatic carbocycles. The lowest BCUT2D eigenvalue weighted by Gasteiger charge is -2.12. The molecule has 3 aromatic rings. The van der Waals surface area contributed by atoms with Gasteiger partial charge in [-0.2, -0.15) is 0 Å². The van der Waals surface area contributed by atoms with Crippen molar-refractivity contribution in [2.75, 3.05) is 12.4 Å². The predicted molar refractivity (Wildman–Crippen MR) is 101 cm³/mol. The van der Waals surface area contributed by atoms with Crippen molar-refractivity contribution in [1.29, 1.82) is 0 Å². The minimum Gasteiger partial charge on any atom is -0.465 e. The molecule has 2 aromatic heterocycles. The van der Waals surface area contributed by atoms with Crippen molar-refractivity contribution in [2.45, 2.75) is 32.2 Å². The minimum absolute atomic E-state index is 0.314. The number of methoxy groups -OCH3 is 1. The van der Waals surface area contributed by atoms with E-state index in [-0.39, 0.29) is 5.97 Å². The second kappa shape index (κ2) is 6.75. The van der Waals surface area contributed by atoms with Crippen LogP contribution in [0.3, 0.4) is 0 Å². The first-order valence-electron chi connectivity index (χ1n) is 8.84. The van der Waals surface area contributed by atoms with E-state index in [4.69, 9.17) is 14.7 Å². The molecular formula is C21H21N3O2. The van der Waals surface area contributed by atoms with Crippen LogP contribution in [0.5, 0.6) is 0 Å². The lowest BCUT2D eigenvalue weighted by atomic mass is 10.1. The molecule has 0 radical (unpaired) electrons. The molecule has 0 amide bonds. The Morgan fingerprint density at radius 1 is 1.19 bits per heavy atom. The number of fused-ring (bicyclic) bond motifs is 1. The molecule has 2 heterocycles. The van der Waals surface area contributed by atoms with Crippen LogP contribution in [0.15, 0.2) is 42.5 Å². The van der Waals surface area contributed by atoms with E-state index in [2.05, 4.69) is 17.4 Å². The lowest BCUT2D eigenvalue weighted by molar-refractivity contribution is 0.0598. The molecule has 0 bridgehead atoms. The number of para-hydroxylation sites is 1. The van der Waals surface area contributed by atoms with E-state index < -0.39 is 0 Å². The summed E-state index contributed by atoms with van der Waals surface area (Å²) >= 11 is 0. The number of carbonyl (C=O) groups is 1. The Morgan fingerprint density at radius 2 is 2.00 bits per heavy atom. The quantitative estimate of drug-likeness (QED) is 0.700. The Hall–Kier alpha value is -2.95. The maximum Gasteiger partial charge on any atom is 0.339 e. The van der Waals surface area contributed by atoms with Crippen molar-refractivity contribution < 1.29 is 9.53 Å². The number of ether oxygens (including phenoxy) is 1. The lowest BCUT2D eigenvalue weighted by Crippen LogP contribution is -2.11. The summed E-state index contributed by atoms with van der Waals surface area (Å²) in [5.74, 6) is 0.922. The second-order valence-electron chi connectivity index (χ2n) is 6.70. The van der Waals surface area contributed by atoms with Gasteiger partial charge in [0, 0.05) is 11.3 Å². The molecule has 0 aliphatic heterocycles. The van der Waals surface area contributed by atoms with Gasteiger partial charge in [-0.15, -0.1) is 0 Å². The number of aryl methyl sites for hydroxylation is 1. The van der Waals surface area contributed by atoms with Crippen LogP contribution in [0, 0.1) is 6.92 Å². The van der Waals surface area contributed by atoms with Crippen LogP contribution in [0.2, 0.25) is 0 Å². The molecule has 0 saturated heterocycles. The Kier molecular flexibility index (Phi) is 4.29. The SMILES string of the molecule is COC(=O)c1ccc(CNc2nc3ccccc3cc2C)nc1C1CC1. The Morgan fingerprint density at radius 3 is 2.77 bits per heavy atom. The number of esters is 1. The summed E-state index contributed by atoms with van der Waals surface area (Å²) in [5, 5.41) is 4.51. The third kappa shape index (κ3) is 3.25. The molecule has 5 heteroatoms. The van der Waals surface area contributed by atoms with Gasteiger partial charge in [-0.25, -0.2) is 9.78 Å². The molecule has 1 N–H and O–H groups in total. The van der Waals surface area contributed by atoms with Gasteiger partial charge in [-0.05, 0) is 49.6 Å². The third-order valence-electron chi connectivity index (χ3n) is 4.70. The summed E-state index contributed by atoms with van der Waals surface area (Å²) in [5.41, 5.74) is 4.40. The highest BCUT2D eigenvalue weighted by atomic mass is 16.5. The number of rotatable bonds is 5. The Bertz CT molecular complexity index is 980. The fourth-order valence-electron chi connectivity index (χ4n) is 3.14. The van der Waals surface area contributed by atoms with E-state index in [0.29, 0.717) is 18.0 Å². The Balaban J connectivity index is 1.57. The molecule has 0 spiro atoms. The summed E-state index contributed by atoms with van der Waals surface area (Å²) in [6.07, 6.45) is 2.17. The maximum absolute atomic E-state index is 11.9. The van der Waals surface area contributed by atoms with Crippen molar-refractivity contribution in [1.82, 2.24) is 9.97 Å². The van der Waals surface area contributed by atoms with Crippen LogP contribution in [-0.4, -0.2) is 23.0 Å². The molecule has 0 unspecified atom stereocenters. The number of anilines is 1. The highest BCUT2D eigenvalue weighted by molar-refractivity contribution is 5.90. The van der Waals surface area contributed by atoms with Crippen molar-refractivity contribution in [2.24, 2.45) is 0 Å². The van der Waals surface area contributed by atoms with E-state index in [1.165, 1.54) is 7.11 Å². The summed E-state index contributed by atoms with van der Waals surface area (Å²) in [4.78, 5) is 21.4. The largest absolute Gasteiger partial charge is 0.465 e. The number of benzene rings is 1. The fraction of sp³-hybridized carbons (Fsp3) is 0.286. The Labute approximate surface area is 152 Å². The predicted octanol–water partition coefficient (Wildman–Crippen LogP) is 4.21. The molecule has 1 aliphatic rings. The molecular weight excluding hydrogens is 326 g/mol. The number of hydrogen-bond donors (Lipinski definition) is 1. The average molecular weight is 347 g/mol. The molecule has 26 heavy (non-hydrogen) atoms. The first-order valence-corrected chi connectivity index (χ1v) is 8.84. The zero-order valence-electron chi connectivity index (χ0n) is 15.0. The minimum atomic E-state index is -0.314. The van der Waals surface area contributed by atoms with Gasteiger partial charge in [-0.3, -0.25) is 4.98 Å². The molecule has 5 nitrogen and oxygen atoms in total. The summed E-state index contributed by atoms with van der Waals surface area (Å²) in [7, 11) is 1.41. The van der Waals surface area contributed by atoms with Crippen molar-refractivity contribution in [3.63, 3.8) is 0 Å². The van der Waals surface area contributed by atoms with E-state index in [1.807, 2.05) is 37.3 Å². The highest BCUT2D eigenvalue weighted by Gasteiger charge is 2.30. The number of pyridine rings is 2. The normalized spacial score (nSPS) is 13.6. The average Bonchev–Trinajstić information content (AvgIpc) is 3.50. The van der Waals surface area contributed by atoms with Crippen molar-refractivity contribution >= 4 is 22.7 Å². The van der Waals surface area contributed by atoms with Crippen LogP contribution in [0.4, 0.5) is 5.82 Å². The number of hydrogen-bond acceptors (Lipinski definition) is 5. The number of nitrogens with zero attached hydrogens (tertiary/aromatic N) is 2. The van der Waals surface area contributed by atoms with E-state index >= 15 is 0 Å². The van der Waals surface area contributed by atoms with Gasteiger partial charge in [0.2, 0.25) is 0 Å². The van der Waals surface area contributed by atoms with Crippen LogP contribution in [0.25, 0.3) is 10.9 Å². The summed E-state index contributed by atoms with van der Waals surface area (Å²) < 4.78 is 4.88. The van der Waals surface area contributed by atoms with E-state index in [0.717, 1.165) is 46.5 Å². The first kappa shape index (κ1) is 16.5. The zero-order valence-corrected chi connectivity index (χ0v) is 15.0. The summed E-state index contributed by atoms with van der Waals surface area (Å²) in [6, 6.07) is 13.9. The van der Waals surface area contributed by atoms with Gasteiger partial charge in [0.05, 0.1) is 36.1 Å². The molecule has 0 atom stereocenters. The van der Waals surface area contributed by atoms with Crippen LogP contribution < -0.4 is 5.32 Å². The third-order valence-corrected chi connectivity index (χ3v) is 4.70. The molecule has 1 aromatic carbocycles. The van der Waals surface area contributed by atoms with Crippen molar-refractivity contribution in [3.05, 3.63) is 65.0 Å². The van der Waals surface area contributed by atoms with Gasteiger partial charge >= 0.3 is 5.97 Å². The summed E-state index contributed by atoms with van der Waals surface area (Å²) in [6.45, 7) is 2.61. The molecule has 132 valence electrons. The maximum atomic E-state index is 11.9. The van der Waals surface area contributed by atoms with E-state index in [9.17, 15) is 4.79 Å². The number of aromatic nitrogens is 2. The van der Waals surface area contributed by atoms with Gasteiger partial charge < -0.3 is 10.1 Å². The molecule has 1 saturated carbocycles. The first-order chi connectivity index (χ1) is 12.7. The molecule has 4 rings (SSSR count). The molecule has 1 fully saturated rings. The van der Waals surface area contributed by atoms with Gasteiger partial charge in [0.1, 0.15) is 5.82 Å². The van der Waals surface area contributed by atoms with E-state index in [1.54, 1.807) is 0 Å². The van der Waals surface area contributed by atoms with Gasteiger partial charge in [0.25, 0.3) is 0 Å². The van der Waals surface area contributed by atoms with Crippen LogP contribution in [0.1, 0.15) is 46.1 Å². The van der Waals surface area contributed by atoms with Crippen LogP contribution in [-0.2, 0) is 11.3 Å². The highest BCUT2D eigenvalue weighted by Crippen LogP contribution is 2.40. The van der Waals surface area contributed by atoms with Gasteiger partial charge in [-0.1, -0.05) is 18.2 Å². The fourth-order valence-corrected chi connectivity index (χ4v) is 3.14. The van der Waals surface area contributed by atoms with Crippen LogP contribution >= 0.6 is 0 Å².